The van der Waals surface area contributed by atoms with Gasteiger partial charge in [-0.05, 0) is 37.0 Å². The highest BCUT2D eigenvalue weighted by Gasteiger charge is 2.10. The van der Waals surface area contributed by atoms with Crippen LogP contribution in [0.5, 0.6) is 0 Å². The lowest BCUT2D eigenvalue weighted by molar-refractivity contribution is -0.119. The molecule has 0 aliphatic rings. The summed E-state index contributed by atoms with van der Waals surface area (Å²) < 4.78 is 2.02. The van der Waals surface area contributed by atoms with Crippen molar-refractivity contribution in [2.24, 2.45) is 0 Å². The molecular weight excluding hydrogens is 306 g/mol. The van der Waals surface area contributed by atoms with Crippen LogP contribution in [0.2, 0.25) is 0 Å². The Balaban J connectivity index is 2.03. The Kier molecular flexibility index (Phi) is 6.28. The minimum absolute atomic E-state index is 0.0501. The molecule has 0 spiro atoms. The molecule has 4 nitrogen and oxygen atoms in total. The summed E-state index contributed by atoms with van der Waals surface area (Å²) in [7, 11) is 0. The van der Waals surface area contributed by atoms with Crippen molar-refractivity contribution in [2.75, 3.05) is 5.75 Å². The van der Waals surface area contributed by atoms with Gasteiger partial charge >= 0.3 is 0 Å². The highest BCUT2D eigenvalue weighted by atomic mass is 32.2. The molecular formula is C18H25N3OS. The quantitative estimate of drug-likeness (QED) is 0.780. The number of imidazole rings is 1. The smallest absolute Gasteiger partial charge is 0.230 e. The van der Waals surface area contributed by atoms with Gasteiger partial charge in [0, 0.05) is 24.1 Å². The first-order valence-corrected chi connectivity index (χ1v) is 9.05. The Morgan fingerprint density at radius 3 is 2.57 bits per heavy atom. The average Bonchev–Trinajstić information content (AvgIpc) is 3.01. The molecule has 0 unspecified atom stereocenters. The maximum absolute atomic E-state index is 11.9. The fraction of sp³-hybridized carbons (Fsp3) is 0.444. The van der Waals surface area contributed by atoms with Gasteiger partial charge in [-0.1, -0.05) is 44.7 Å². The van der Waals surface area contributed by atoms with E-state index >= 15 is 0 Å². The van der Waals surface area contributed by atoms with E-state index in [9.17, 15) is 4.79 Å². The number of rotatable bonds is 7. The molecule has 23 heavy (non-hydrogen) atoms. The van der Waals surface area contributed by atoms with Crippen molar-refractivity contribution in [1.29, 1.82) is 0 Å². The fourth-order valence-corrected chi connectivity index (χ4v) is 2.95. The van der Waals surface area contributed by atoms with Gasteiger partial charge in [-0.25, -0.2) is 4.98 Å². The molecule has 1 amide bonds. The fourth-order valence-electron chi connectivity index (χ4n) is 2.16. The second kappa shape index (κ2) is 8.20. The largest absolute Gasteiger partial charge is 0.353 e. The van der Waals surface area contributed by atoms with Crippen LogP contribution in [0.15, 0.2) is 41.8 Å². The molecule has 0 aliphatic heterocycles. The molecule has 0 radical (unpaired) electrons. The molecule has 1 atom stereocenters. The van der Waals surface area contributed by atoms with E-state index in [1.165, 1.54) is 17.3 Å². The minimum Gasteiger partial charge on any atom is -0.353 e. The number of aromatic nitrogens is 2. The second-order valence-corrected chi connectivity index (χ2v) is 6.93. The zero-order valence-corrected chi connectivity index (χ0v) is 15.1. The van der Waals surface area contributed by atoms with Crippen molar-refractivity contribution in [2.45, 2.75) is 51.2 Å². The lowest BCUT2D eigenvalue weighted by Gasteiger charge is -2.12. The Bertz CT molecular complexity index is 634. The number of carbonyl (C=O) groups excluding carboxylic acids is 1. The van der Waals surface area contributed by atoms with E-state index in [4.69, 9.17) is 0 Å². The SMILES string of the molecule is CC[C@@H](C)NC(=O)CSc1nccn1-c1ccc(C(C)C)cc1. The third-order valence-corrected chi connectivity index (χ3v) is 4.76. The first-order chi connectivity index (χ1) is 11.0. The highest BCUT2D eigenvalue weighted by Crippen LogP contribution is 2.22. The standard InChI is InChI=1S/C18H25N3OS/c1-5-14(4)20-17(22)12-23-18-19-10-11-21(18)16-8-6-15(7-9-16)13(2)3/h6-11,13-14H,5,12H2,1-4H3,(H,20,22)/t14-/m1/s1. The molecule has 0 fully saturated rings. The highest BCUT2D eigenvalue weighted by molar-refractivity contribution is 7.99. The lowest BCUT2D eigenvalue weighted by atomic mass is 10.0. The van der Waals surface area contributed by atoms with Crippen LogP contribution in [0, 0.1) is 0 Å². The van der Waals surface area contributed by atoms with E-state index in [0.29, 0.717) is 11.7 Å². The van der Waals surface area contributed by atoms with Crippen molar-refractivity contribution in [3.8, 4) is 5.69 Å². The van der Waals surface area contributed by atoms with Crippen LogP contribution in [0.25, 0.3) is 5.69 Å². The van der Waals surface area contributed by atoms with Crippen molar-refractivity contribution >= 4 is 17.7 Å². The molecule has 1 aromatic heterocycles. The van der Waals surface area contributed by atoms with Gasteiger partial charge in [-0.15, -0.1) is 0 Å². The number of nitrogens with one attached hydrogen (secondary N) is 1. The molecule has 0 saturated heterocycles. The third-order valence-electron chi connectivity index (χ3n) is 3.80. The number of thioether (sulfide) groups is 1. The third kappa shape index (κ3) is 4.86. The van der Waals surface area contributed by atoms with E-state index in [1.54, 1.807) is 6.20 Å². The number of carbonyl (C=O) groups is 1. The van der Waals surface area contributed by atoms with Gasteiger partial charge < -0.3 is 5.32 Å². The maximum Gasteiger partial charge on any atom is 0.230 e. The number of nitrogens with zero attached hydrogens (tertiary/aromatic N) is 2. The first kappa shape index (κ1) is 17.6. The Labute approximate surface area is 142 Å². The molecule has 124 valence electrons. The molecule has 0 saturated carbocycles. The van der Waals surface area contributed by atoms with Crippen LogP contribution in [0.1, 0.15) is 45.6 Å². The van der Waals surface area contributed by atoms with Crippen LogP contribution in [0.3, 0.4) is 0 Å². The Hall–Kier alpha value is -1.75. The monoisotopic (exact) mass is 331 g/mol. The van der Waals surface area contributed by atoms with Gasteiger partial charge in [-0.2, -0.15) is 0 Å². The van der Waals surface area contributed by atoms with Gasteiger partial charge in [0.25, 0.3) is 0 Å². The maximum atomic E-state index is 11.9. The van der Waals surface area contributed by atoms with Gasteiger partial charge in [0.15, 0.2) is 5.16 Å². The van der Waals surface area contributed by atoms with E-state index in [1.807, 2.05) is 17.7 Å². The Morgan fingerprint density at radius 2 is 1.96 bits per heavy atom. The Morgan fingerprint density at radius 1 is 1.26 bits per heavy atom. The van der Waals surface area contributed by atoms with Crippen LogP contribution in [-0.4, -0.2) is 27.3 Å². The molecule has 1 heterocycles. The van der Waals surface area contributed by atoms with Crippen molar-refractivity contribution < 1.29 is 4.79 Å². The number of hydrogen-bond donors (Lipinski definition) is 1. The van der Waals surface area contributed by atoms with Crippen molar-refractivity contribution in [1.82, 2.24) is 14.9 Å². The van der Waals surface area contributed by atoms with E-state index in [2.05, 4.69) is 55.3 Å². The van der Waals surface area contributed by atoms with Crippen molar-refractivity contribution in [3.05, 3.63) is 42.2 Å². The normalized spacial score (nSPS) is 12.4. The predicted molar refractivity (Wildman–Crippen MR) is 96.3 cm³/mol. The summed E-state index contributed by atoms with van der Waals surface area (Å²) >= 11 is 1.46. The molecule has 5 heteroatoms. The lowest BCUT2D eigenvalue weighted by Crippen LogP contribution is -2.33. The van der Waals surface area contributed by atoms with Crippen LogP contribution < -0.4 is 5.32 Å². The zero-order chi connectivity index (χ0) is 16.8. The van der Waals surface area contributed by atoms with Gasteiger partial charge in [-0.3, -0.25) is 9.36 Å². The average molecular weight is 331 g/mol. The summed E-state index contributed by atoms with van der Waals surface area (Å²) in [6.45, 7) is 8.44. The first-order valence-electron chi connectivity index (χ1n) is 8.07. The summed E-state index contributed by atoms with van der Waals surface area (Å²) in [5.74, 6) is 0.949. The van der Waals surface area contributed by atoms with Gasteiger partial charge in [0.2, 0.25) is 5.91 Å². The molecule has 0 bridgehead atoms. The summed E-state index contributed by atoms with van der Waals surface area (Å²) in [5, 5.41) is 3.81. The molecule has 2 rings (SSSR count). The zero-order valence-electron chi connectivity index (χ0n) is 14.2. The van der Waals surface area contributed by atoms with E-state index < -0.39 is 0 Å². The number of amides is 1. The summed E-state index contributed by atoms with van der Waals surface area (Å²) in [6, 6.07) is 8.70. The number of hydrogen-bond acceptors (Lipinski definition) is 3. The molecule has 1 N–H and O–H groups in total. The summed E-state index contributed by atoms with van der Waals surface area (Å²) in [6.07, 6.45) is 4.64. The van der Waals surface area contributed by atoms with Gasteiger partial charge in [0.1, 0.15) is 0 Å². The topological polar surface area (TPSA) is 46.9 Å². The second-order valence-electron chi connectivity index (χ2n) is 5.99. The molecule has 2 aromatic rings. The minimum atomic E-state index is 0.0501. The summed E-state index contributed by atoms with van der Waals surface area (Å²) in [5.41, 5.74) is 2.38. The molecule has 1 aromatic carbocycles. The number of benzene rings is 1. The van der Waals surface area contributed by atoms with Crippen molar-refractivity contribution in [3.63, 3.8) is 0 Å². The van der Waals surface area contributed by atoms with E-state index in [-0.39, 0.29) is 11.9 Å². The predicted octanol–water partition coefficient (Wildman–Crippen LogP) is 4.00. The van der Waals surface area contributed by atoms with Crippen LogP contribution in [0.4, 0.5) is 0 Å². The van der Waals surface area contributed by atoms with Crippen LogP contribution >= 0.6 is 11.8 Å². The molecule has 0 aliphatic carbocycles. The summed E-state index contributed by atoms with van der Waals surface area (Å²) in [4.78, 5) is 16.3. The van der Waals surface area contributed by atoms with E-state index in [0.717, 1.165) is 17.3 Å². The van der Waals surface area contributed by atoms with Gasteiger partial charge in [0.05, 0.1) is 5.75 Å². The van der Waals surface area contributed by atoms with Crippen LogP contribution in [-0.2, 0) is 4.79 Å².